The van der Waals surface area contributed by atoms with E-state index in [2.05, 4.69) is 42.5 Å². The maximum Gasteiger partial charge on any atom is 0.141 e. The third-order valence-corrected chi connectivity index (χ3v) is 5.52. The van der Waals surface area contributed by atoms with Crippen LogP contribution in [-0.4, -0.2) is 26.2 Å². The zero-order valence-corrected chi connectivity index (χ0v) is 18.1. The fourth-order valence-corrected chi connectivity index (χ4v) is 4.23. The van der Waals surface area contributed by atoms with Crippen molar-refractivity contribution >= 4 is 11.6 Å². The van der Waals surface area contributed by atoms with Crippen molar-refractivity contribution in [2.24, 2.45) is 0 Å². The number of halogens is 1. The number of aromatic nitrogens is 3. The highest BCUT2D eigenvalue weighted by atomic mass is 35.5. The van der Waals surface area contributed by atoms with E-state index in [0.29, 0.717) is 11.6 Å². The zero-order valence-electron chi connectivity index (χ0n) is 17.4. The molecule has 0 aliphatic rings. The van der Waals surface area contributed by atoms with E-state index in [1.165, 1.54) is 16.7 Å². The summed E-state index contributed by atoms with van der Waals surface area (Å²) in [5.41, 5.74) is 8.46. The van der Waals surface area contributed by atoms with Crippen LogP contribution in [0.1, 0.15) is 16.7 Å². The summed E-state index contributed by atoms with van der Waals surface area (Å²) in [4.78, 5) is 9.27. The quantitative estimate of drug-likeness (QED) is 0.443. The number of hydrogen-bond acceptors (Lipinski definition) is 3. The second-order valence-corrected chi connectivity index (χ2v) is 7.96. The molecule has 0 atom stereocenters. The minimum Gasteiger partial charge on any atom is -0.395 e. The molecule has 0 aliphatic heterocycles. The number of benzene rings is 2. The van der Waals surface area contributed by atoms with Crippen molar-refractivity contribution in [3.05, 3.63) is 82.6 Å². The summed E-state index contributed by atoms with van der Waals surface area (Å²) in [5.74, 6) is 0.857. The second kappa shape index (κ2) is 8.42. The number of rotatable bonds is 5. The highest BCUT2D eigenvalue weighted by Crippen LogP contribution is 2.38. The van der Waals surface area contributed by atoms with Gasteiger partial charge in [-0.05, 0) is 56.2 Å². The summed E-state index contributed by atoms with van der Waals surface area (Å²) >= 11 is 6.14. The average molecular weight is 418 g/mol. The SMILES string of the molecule is Cc1cc(C)c(-c2nc(-c3ccncc3)c(-c3ccc(Cl)cc3)n2CCO)c(C)c1. The van der Waals surface area contributed by atoms with Crippen LogP contribution in [0.4, 0.5) is 0 Å². The lowest BCUT2D eigenvalue weighted by Crippen LogP contribution is -2.07. The number of aliphatic hydroxyl groups excluding tert-OH is 1. The predicted molar refractivity (Wildman–Crippen MR) is 123 cm³/mol. The van der Waals surface area contributed by atoms with Gasteiger partial charge in [0.25, 0.3) is 0 Å². The van der Waals surface area contributed by atoms with Gasteiger partial charge in [0.15, 0.2) is 0 Å². The van der Waals surface area contributed by atoms with E-state index >= 15 is 0 Å². The van der Waals surface area contributed by atoms with Crippen molar-refractivity contribution in [3.8, 4) is 33.9 Å². The Kier molecular flexibility index (Phi) is 5.71. The molecule has 4 nitrogen and oxygen atoms in total. The predicted octanol–water partition coefficient (Wildman–Crippen LogP) is 5.85. The normalized spacial score (nSPS) is 11.1. The molecule has 0 spiro atoms. The molecule has 0 fully saturated rings. The van der Waals surface area contributed by atoms with Gasteiger partial charge in [-0.3, -0.25) is 4.98 Å². The molecule has 0 radical (unpaired) electrons. The van der Waals surface area contributed by atoms with E-state index in [9.17, 15) is 5.11 Å². The van der Waals surface area contributed by atoms with E-state index in [4.69, 9.17) is 16.6 Å². The molecule has 30 heavy (non-hydrogen) atoms. The summed E-state index contributed by atoms with van der Waals surface area (Å²) in [6, 6.07) is 16.0. The summed E-state index contributed by atoms with van der Waals surface area (Å²) < 4.78 is 2.11. The average Bonchev–Trinajstić information content (AvgIpc) is 3.08. The summed E-state index contributed by atoms with van der Waals surface area (Å²) in [6.07, 6.45) is 3.54. The molecule has 2 heterocycles. The molecule has 0 bridgehead atoms. The van der Waals surface area contributed by atoms with Gasteiger partial charge in [-0.1, -0.05) is 41.4 Å². The molecule has 0 saturated carbocycles. The van der Waals surface area contributed by atoms with Crippen molar-refractivity contribution < 1.29 is 5.11 Å². The van der Waals surface area contributed by atoms with Gasteiger partial charge in [-0.2, -0.15) is 0 Å². The third-order valence-electron chi connectivity index (χ3n) is 5.26. The monoisotopic (exact) mass is 417 g/mol. The van der Waals surface area contributed by atoms with Gasteiger partial charge in [0.2, 0.25) is 0 Å². The molecule has 1 N–H and O–H groups in total. The van der Waals surface area contributed by atoms with E-state index < -0.39 is 0 Å². The Morgan fingerprint density at radius 1 is 0.900 bits per heavy atom. The van der Waals surface area contributed by atoms with Crippen LogP contribution in [0.2, 0.25) is 5.02 Å². The van der Waals surface area contributed by atoms with Crippen molar-refractivity contribution in [1.29, 1.82) is 0 Å². The fraction of sp³-hybridized carbons (Fsp3) is 0.200. The van der Waals surface area contributed by atoms with E-state index in [1.54, 1.807) is 12.4 Å². The first kappa shape index (κ1) is 20.3. The van der Waals surface area contributed by atoms with Gasteiger partial charge in [0.05, 0.1) is 18.0 Å². The van der Waals surface area contributed by atoms with Gasteiger partial charge in [0.1, 0.15) is 5.82 Å². The topological polar surface area (TPSA) is 50.9 Å². The Bertz CT molecular complexity index is 1160. The van der Waals surface area contributed by atoms with Crippen LogP contribution < -0.4 is 0 Å². The van der Waals surface area contributed by atoms with Gasteiger partial charge in [-0.15, -0.1) is 0 Å². The van der Waals surface area contributed by atoms with E-state index in [0.717, 1.165) is 33.9 Å². The highest BCUT2D eigenvalue weighted by Gasteiger charge is 2.23. The van der Waals surface area contributed by atoms with Crippen LogP contribution in [0.5, 0.6) is 0 Å². The maximum atomic E-state index is 9.89. The van der Waals surface area contributed by atoms with Crippen molar-refractivity contribution in [2.45, 2.75) is 27.3 Å². The van der Waals surface area contributed by atoms with Gasteiger partial charge < -0.3 is 9.67 Å². The molecule has 5 heteroatoms. The fourth-order valence-electron chi connectivity index (χ4n) is 4.11. The molecule has 0 amide bonds. The Morgan fingerprint density at radius 3 is 2.13 bits per heavy atom. The molecule has 2 aromatic heterocycles. The standard InChI is InChI=1S/C25H24ClN3O/c1-16-14-17(2)22(18(3)15-16)25-28-23(19-8-10-27-11-9-19)24(29(25)12-13-30)20-4-6-21(26)7-5-20/h4-11,14-15,30H,12-13H2,1-3H3. The van der Waals surface area contributed by atoms with E-state index in [1.807, 2.05) is 36.4 Å². The minimum atomic E-state index is 0.0176. The molecular weight excluding hydrogens is 394 g/mol. The van der Waals surface area contributed by atoms with E-state index in [-0.39, 0.29) is 6.61 Å². The van der Waals surface area contributed by atoms with Crippen LogP contribution in [-0.2, 0) is 6.54 Å². The van der Waals surface area contributed by atoms with Crippen LogP contribution >= 0.6 is 11.6 Å². The largest absolute Gasteiger partial charge is 0.395 e. The van der Waals surface area contributed by atoms with Gasteiger partial charge in [0, 0.05) is 40.7 Å². The molecule has 4 rings (SSSR count). The number of aryl methyl sites for hydroxylation is 3. The maximum absolute atomic E-state index is 9.89. The first-order chi connectivity index (χ1) is 14.5. The van der Waals surface area contributed by atoms with Crippen molar-refractivity contribution in [1.82, 2.24) is 14.5 Å². The summed E-state index contributed by atoms with van der Waals surface area (Å²) in [6.45, 7) is 6.79. The van der Waals surface area contributed by atoms with Crippen molar-refractivity contribution in [2.75, 3.05) is 6.61 Å². The molecular formula is C25H24ClN3O. The molecule has 2 aromatic carbocycles. The van der Waals surface area contributed by atoms with Gasteiger partial charge in [-0.25, -0.2) is 4.98 Å². The van der Waals surface area contributed by atoms with Crippen molar-refractivity contribution in [3.63, 3.8) is 0 Å². The highest BCUT2D eigenvalue weighted by molar-refractivity contribution is 6.30. The Morgan fingerprint density at radius 2 is 1.53 bits per heavy atom. The van der Waals surface area contributed by atoms with Gasteiger partial charge >= 0.3 is 0 Å². The molecule has 0 saturated heterocycles. The molecule has 152 valence electrons. The van der Waals surface area contributed by atoms with Crippen LogP contribution in [0.15, 0.2) is 60.9 Å². The number of pyridine rings is 1. The number of imidazole rings is 1. The molecule has 0 unspecified atom stereocenters. The number of aliphatic hydroxyl groups is 1. The zero-order chi connectivity index (χ0) is 21.3. The Balaban J connectivity index is 2.06. The summed E-state index contributed by atoms with van der Waals surface area (Å²) in [5, 5.41) is 10.6. The Labute approximate surface area is 181 Å². The smallest absolute Gasteiger partial charge is 0.141 e. The lowest BCUT2D eigenvalue weighted by molar-refractivity contribution is 0.277. The second-order valence-electron chi connectivity index (χ2n) is 7.52. The van der Waals surface area contributed by atoms with Crippen LogP contribution in [0.3, 0.4) is 0 Å². The first-order valence-electron chi connectivity index (χ1n) is 9.95. The lowest BCUT2D eigenvalue weighted by atomic mass is 9.99. The summed E-state index contributed by atoms with van der Waals surface area (Å²) in [7, 11) is 0. The lowest BCUT2D eigenvalue weighted by Gasteiger charge is -2.15. The number of hydrogen-bond donors (Lipinski definition) is 1. The molecule has 0 aliphatic carbocycles. The first-order valence-corrected chi connectivity index (χ1v) is 10.3. The molecule has 4 aromatic rings. The third kappa shape index (κ3) is 3.76. The van der Waals surface area contributed by atoms with Crippen LogP contribution in [0, 0.1) is 20.8 Å². The van der Waals surface area contributed by atoms with Crippen LogP contribution in [0.25, 0.3) is 33.9 Å². The number of nitrogens with zero attached hydrogens (tertiary/aromatic N) is 3. The Hall–Kier alpha value is -2.95. The minimum absolute atomic E-state index is 0.0176.